The lowest BCUT2D eigenvalue weighted by Gasteiger charge is -2.27. The highest BCUT2D eigenvalue weighted by molar-refractivity contribution is 9.11. The maximum absolute atomic E-state index is 6.23. The first-order valence-electron chi connectivity index (χ1n) is 7.12. The second-order valence-electron chi connectivity index (χ2n) is 6.10. The molecule has 1 atom stereocenters. The quantitative estimate of drug-likeness (QED) is 0.663. The Labute approximate surface area is 144 Å². The summed E-state index contributed by atoms with van der Waals surface area (Å²) in [6, 6.07) is 10.9. The molecule has 0 aliphatic heterocycles. The van der Waals surface area contributed by atoms with Gasteiger partial charge in [-0.2, -0.15) is 0 Å². The van der Waals surface area contributed by atoms with Crippen molar-refractivity contribution >= 4 is 38.9 Å². The molecular weight excluding hydrogens is 366 g/mol. The minimum absolute atomic E-state index is 0.114. The van der Waals surface area contributed by atoms with Crippen molar-refractivity contribution in [2.45, 2.75) is 39.2 Å². The summed E-state index contributed by atoms with van der Waals surface area (Å²) >= 11 is 11.5. The van der Waals surface area contributed by atoms with E-state index in [1.54, 1.807) is 11.3 Å². The molecule has 0 saturated heterocycles. The van der Waals surface area contributed by atoms with Gasteiger partial charge in [0, 0.05) is 4.88 Å². The van der Waals surface area contributed by atoms with Gasteiger partial charge in [0.2, 0.25) is 0 Å². The molecule has 2 aromatic rings. The highest BCUT2D eigenvalue weighted by Gasteiger charge is 2.24. The molecule has 1 N–H and O–H groups in total. The van der Waals surface area contributed by atoms with Crippen molar-refractivity contribution < 1.29 is 0 Å². The van der Waals surface area contributed by atoms with Crippen LogP contribution in [-0.4, -0.2) is 6.54 Å². The van der Waals surface area contributed by atoms with Crippen LogP contribution in [0.5, 0.6) is 0 Å². The predicted molar refractivity (Wildman–Crippen MR) is 97.7 cm³/mol. The van der Waals surface area contributed by atoms with E-state index in [1.165, 1.54) is 16.0 Å². The first-order chi connectivity index (χ1) is 9.84. The molecule has 1 aromatic heterocycles. The molecular formula is C17H21BrClNS. The Kier molecular flexibility index (Phi) is 5.53. The van der Waals surface area contributed by atoms with E-state index in [9.17, 15) is 0 Å². The second kappa shape index (κ2) is 6.82. The molecule has 1 nitrogen and oxygen atoms in total. The van der Waals surface area contributed by atoms with Crippen LogP contribution in [0.4, 0.5) is 0 Å². The number of rotatable bonds is 4. The number of halogens is 2. The van der Waals surface area contributed by atoms with E-state index in [2.05, 4.69) is 79.3 Å². The lowest BCUT2D eigenvalue weighted by Crippen LogP contribution is -2.25. The number of nitrogens with one attached hydrogen (secondary N) is 1. The normalized spacial score (nSPS) is 13.4. The standard InChI is InChI=1S/C17H21BrClNS/c1-5-20-15(14-10-13(19)16(18)21-14)11-8-6-7-9-12(11)17(2,3)4/h6-10,15,20H,5H2,1-4H3. The molecule has 0 bridgehead atoms. The molecule has 0 aliphatic carbocycles. The van der Waals surface area contributed by atoms with Crippen LogP contribution in [0.2, 0.25) is 5.02 Å². The molecule has 1 heterocycles. The van der Waals surface area contributed by atoms with Crippen LogP contribution in [0.15, 0.2) is 34.1 Å². The molecule has 0 radical (unpaired) electrons. The van der Waals surface area contributed by atoms with Gasteiger partial charge >= 0.3 is 0 Å². The molecule has 0 amide bonds. The highest BCUT2D eigenvalue weighted by atomic mass is 79.9. The van der Waals surface area contributed by atoms with Gasteiger partial charge in [-0.15, -0.1) is 11.3 Å². The highest BCUT2D eigenvalue weighted by Crippen LogP contribution is 2.39. The van der Waals surface area contributed by atoms with Gasteiger partial charge in [-0.05, 0) is 45.1 Å². The Morgan fingerprint density at radius 1 is 1.29 bits per heavy atom. The number of hydrogen-bond donors (Lipinski definition) is 1. The summed E-state index contributed by atoms with van der Waals surface area (Å²) in [4.78, 5) is 1.24. The Morgan fingerprint density at radius 3 is 2.48 bits per heavy atom. The van der Waals surface area contributed by atoms with Gasteiger partial charge in [-0.3, -0.25) is 0 Å². The molecule has 4 heteroatoms. The summed E-state index contributed by atoms with van der Waals surface area (Å²) in [6.45, 7) is 9.82. The van der Waals surface area contributed by atoms with Crippen molar-refractivity contribution in [3.05, 3.63) is 55.1 Å². The minimum Gasteiger partial charge on any atom is -0.306 e. The molecule has 1 unspecified atom stereocenters. The van der Waals surface area contributed by atoms with Crippen molar-refractivity contribution in [1.82, 2.24) is 5.32 Å². The summed E-state index contributed by atoms with van der Waals surface area (Å²) in [7, 11) is 0. The average molecular weight is 387 g/mol. The second-order valence-corrected chi connectivity index (χ2v) is 8.91. The molecule has 0 fully saturated rings. The average Bonchev–Trinajstić information content (AvgIpc) is 2.75. The summed E-state index contributed by atoms with van der Waals surface area (Å²) in [5.74, 6) is 0. The van der Waals surface area contributed by atoms with Crippen LogP contribution in [0.25, 0.3) is 0 Å². The molecule has 0 aliphatic rings. The topological polar surface area (TPSA) is 12.0 Å². The monoisotopic (exact) mass is 385 g/mol. The fourth-order valence-corrected chi connectivity index (χ4v) is 4.35. The van der Waals surface area contributed by atoms with Gasteiger partial charge in [0.05, 0.1) is 14.9 Å². The van der Waals surface area contributed by atoms with Crippen molar-refractivity contribution in [2.24, 2.45) is 0 Å². The number of thiophene rings is 1. The van der Waals surface area contributed by atoms with Crippen LogP contribution in [-0.2, 0) is 5.41 Å². The zero-order chi connectivity index (χ0) is 15.6. The Balaban J connectivity index is 2.53. The smallest absolute Gasteiger partial charge is 0.0888 e. The molecule has 0 spiro atoms. The van der Waals surface area contributed by atoms with Crippen LogP contribution < -0.4 is 5.32 Å². The zero-order valence-corrected chi connectivity index (χ0v) is 16.0. The summed E-state index contributed by atoms with van der Waals surface area (Å²) in [6.07, 6.45) is 0. The maximum atomic E-state index is 6.23. The Morgan fingerprint density at radius 2 is 1.95 bits per heavy atom. The molecule has 2 rings (SSSR count). The first-order valence-corrected chi connectivity index (χ1v) is 9.11. The van der Waals surface area contributed by atoms with E-state index < -0.39 is 0 Å². The SMILES string of the molecule is CCNC(c1cc(Cl)c(Br)s1)c1ccccc1C(C)(C)C. The lowest BCUT2D eigenvalue weighted by atomic mass is 9.81. The van der Waals surface area contributed by atoms with Gasteiger partial charge in [0.25, 0.3) is 0 Å². The largest absolute Gasteiger partial charge is 0.306 e. The molecule has 114 valence electrons. The third kappa shape index (κ3) is 3.89. The van der Waals surface area contributed by atoms with E-state index in [-0.39, 0.29) is 11.5 Å². The van der Waals surface area contributed by atoms with E-state index in [0.717, 1.165) is 15.4 Å². The Hall–Kier alpha value is -0.350. The van der Waals surface area contributed by atoms with E-state index >= 15 is 0 Å². The van der Waals surface area contributed by atoms with Crippen molar-refractivity contribution in [3.8, 4) is 0 Å². The van der Waals surface area contributed by atoms with E-state index in [1.807, 2.05) is 0 Å². The van der Waals surface area contributed by atoms with Crippen LogP contribution >= 0.6 is 38.9 Å². The first kappa shape index (κ1) is 17.0. The zero-order valence-electron chi connectivity index (χ0n) is 12.8. The predicted octanol–water partition coefficient (Wildman–Crippen LogP) is 6.16. The minimum atomic E-state index is 0.114. The maximum Gasteiger partial charge on any atom is 0.0888 e. The Bertz CT molecular complexity index is 596. The van der Waals surface area contributed by atoms with Gasteiger partial charge in [-0.1, -0.05) is 63.6 Å². The van der Waals surface area contributed by atoms with Crippen molar-refractivity contribution in [1.29, 1.82) is 0 Å². The third-order valence-electron chi connectivity index (χ3n) is 3.44. The lowest BCUT2D eigenvalue weighted by molar-refractivity contribution is 0.559. The molecule has 1 aromatic carbocycles. The van der Waals surface area contributed by atoms with Gasteiger partial charge in [-0.25, -0.2) is 0 Å². The summed E-state index contributed by atoms with van der Waals surface area (Å²) < 4.78 is 0.996. The number of benzene rings is 1. The fraction of sp³-hybridized carbons (Fsp3) is 0.412. The van der Waals surface area contributed by atoms with Crippen molar-refractivity contribution in [2.75, 3.05) is 6.54 Å². The summed E-state index contributed by atoms with van der Waals surface area (Å²) in [5.41, 5.74) is 2.82. The van der Waals surface area contributed by atoms with E-state index in [4.69, 9.17) is 11.6 Å². The van der Waals surface area contributed by atoms with Crippen LogP contribution in [0.3, 0.4) is 0 Å². The third-order valence-corrected chi connectivity index (χ3v) is 5.98. The fourth-order valence-electron chi connectivity index (χ4n) is 2.51. The number of hydrogen-bond acceptors (Lipinski definition) is 2. The van der Waals surface area contributed by atoms with Gasteiger partial charge in [0.1, 0.15) is 0 Å². The van der Waals surface area contributed by atoms with Crippen molar-refractivity contribution in [3.63, 3.8) is 0 Å². The van der Waals surface area contributed by atoms with Crippen LogP contribution in [0.1, 0.15) is 49.7 Å². The molecule has 21 heavy (non-hydrogen) atoms. The summed E-state index contributed by atoms with van der Waals surface area (Å²) in [5, 5.41) is 4.38. The van der Waals surface area contributed by atoms with Gasteiger partial charge < -0.3 is 5.32 Å². The van der Waals surface area contributed by atoms with Crippen LogP contribution in [0, 0.1) is 0 Å². The van der Waals surface area contributed by atoms with Gasteiger partial charge in [0.15, 0.2) is 0 Å². The molecule has 0 saturated carbocycles. The van der Waals surface area contributed by atoms with E-state index in [0.29, 0.717) is 0 Å².